The smallest absolute Gasteiger partial charge is 0.341 e. The molecule has 5 atom stereocenters. The molecule has 2 aliphatic heterocycles. The molecule has 0 amide bonds. The van der Waals surface area contributed by atoms with Crippen molar-refractivity contribution in [1.82, 2.24) is 0 Å². The summed E-state index contributed by atoms with van der Waals surface area (Å²) in [7, 11) is 1.30. The number of aliphatic hydroxyl groups excluding tert-OH is 1. The number of hydrogen-bond acceptors (Lipinski definition) is 7. The van der Waals surface area contributed by atoms with Crippen LogP contribution in [0.5, 0.6) is 0 Å². The fourth-order valence-electron chi connectivity index (χ4n) is 4.04. The Hall–Kier alpha value is -0.730. The number of hydrogen-bond donors (Lipinski definition) is 1. The van der Waals surface area contributed by atoms with Crippen LogP contribution in [0, 0.1) is 0 Å². The predicted molar refractivity (Wildman–Crippen MR) is 78.5 cm³/mol. The molecule has 132 valence electrons. The molecule has 3 aliphatic rings. The van der Waals surface area contributed by atoms with Crippen molar-refractivity contribution < 1.29 is 33.6 Å². The Bertz CT molecular complexity index is 485. The summed E-state index contributed by atoms with van der Waals surface area (Å²) >= 11 is 0. The van der Waals surface area contributed by atoms with Gasteiger partial charge in [-0.05, 0) is 26.7 Å². The highest BCUT2D eigenvalue weighted by molar-refractivity contribution is 5.81. The SMILES string of the molecule is CCC1(CC)O[C@@H]2C[C@@]3(C(=O)OC)OC(C)(C)O[C@H]3C(O)[C@@H]2O1. The van der Waals surface area contributed by atoms with Gasteiger partial charge in [-0.1, -0.05) is 13.8 Å². The van der Waals surface area contributed by atoms with Crippen LogP contribution in [-0.4, -0.2) is 59.8 Å². The summed E-state index contributed by atoms with van der Waals surface area (Å²) in [4.78, 5) is 12.5. The van der Waals surface area contributed by atoms with E-state index in [2.05, 4.69) is 0 Å². The molecule has 3 rings (SSSR count). The second-order valence-corrected chi connectivity index (χ2v) is 6.97. The van der Waals surface area contributed by atoms with Crippen molar-refractivity contribution in [3.05, 3.63) is 0 Å². The molecule has 0 spiro atoms. The average Bonchev–Trinajstić information content (AvgIpc) is 3.02. The zero-order chi connectivity index (χ0) is 17.0. The van der Waals surface area contributed by atoms with Crippen LogP contribution in [0.15, 0.2) is 0 Å². The molecule has 1 N–H and O–H groups in total. The number of esters is 1. The van der Waals surface area contributed by atoms with Crippen LogP contribution in [0.4, 0.5) is 0 Å². The second kappa shape index (κ2) is 5.39. The number of carbonyl (C=O) groups excluding carboxylic acids is 1. The van der Waals surface area contributed by atoms with Crippen LogP contribution >= 0.6 is 0 Å². The van der Waals surface area contributed by atoms with E-state index in [-0.39, 0.29) is 6.42 Å². The third-order valence-corrected chi connectivity index (χ3v) is 5.14. The van der Waals surface area contributed by atoms with E-state index in [4.69, 9.17) is 23.7 Å². The summed E-state index contributed by atoms with van der Waals surface area (Å²) in [6.45, 7) is 7.37. The van der Waals surface area contributed by atoms with Crippen LogP contribution < -0.4 is 0 Å². The number of carbonyl (C=O) groups is 1. The summed E-state index contributed by atoms with van der Waals surface area (Å²) in [5, 5.41) is 10.8. The number of fused-ring (bicyclic) bond motifs is 2. The zero-order valence-corrected chi connectivity index (χ0v) is 14.3. The Labute approximate surface area is 136 Å². The van der Waals surface area contributed by atoms with Crippen LogP contribution in [0.25, 0.3) is 0 Å². The van der Waals surface area contributed by atoms with E-state index in [1.807, 2.05) is 13.8 Å². The molecule has 2 saturated heterocycles. The molecular formula is C16H26O7. The summed E-state index contributed by atoms with van der Waals surface area (Å²) in [5.41, 5.74) is -1.38. The highest BCUT2D eigenvalue weighted by Gasteiger charge is 2.69. The van der Waals surface area contributed by atoms with Crippen molar-refractivity contribution in [3.63, 3.8) is 0 Å². The van der Waals surface area contributed by atoms with Gasteiger partial charge < -0.3 is 28.8 Å². The molecule has 23 heavy (non-hydrogen) atoms. The Morgan fingerprint density at radius 2 is 1.87 bits per heavy atom. The fourth-order valence-corrected chi connectivity index (χ4v) is 4.04. The van der Waals surface area contributed by atoms with Gasteiger partial charge in [-0.2, -0.15) is 0 Å². The monoisotopic (exact) mass is 330 g/mol. The molecule has 0 aromatic heterocycles. The van der Waals surface area contributed by atoms with Gasteiger partial charge in [-0.15, -0.1) is 0 Å². The summed E-state index contributed by atoms with van der Waals surface area (Å²) in [6, 6.07) is 0. The lowest BCUT2D eigenvalue weighted by Crippen LogP contribution is -2.64. The number of rotatable bonds is 3. The minimum Gasteiger partial charge on any atom is -0.467 e. The van der Waals surface area contributed by atoms with Crippen molar-refractivity contribution in [1.29, 1.82) is 0 Å². The van der Waals surface area contributed by atoms with Crippen LogP contribution in [-0.2, 0) is 28.5 Å². The zero-order valence-electron chi connectivity index (χ0n) is 14.3. The van der Waals surface area contributed by atoms with E-state index in [0.717, 1.165) is 0 Å². The predicted octanol–water partition coefficient (Wildman–Crippen LogP) is 1.11. The van der Waals surface area contributed by atoms with Crippen LogP contribution in [0.3, 0.4) is 0 Å². The van der Waals surface area contributed by atoms with Gasteiger partial charge in [0.25, 0.3) is 0 Å². The first kappa shape index (κ1) is 17.1. The van der Waals surface area contributed by atoms with Gasteiger partial charge >= 0.3 is 5.97 Å². The molecule has 1 unspecified atom stereocenters. The molecule has 1 aliphatic carbocycles. The first-order valence-corrected chi connectivity index (χ1v) is 8.22. The molecule has 0 aromatic carbocycles. The van der Waals surface area contributed by atoms with Crippen molar-refractivity contribution in [2.24, 2.45) is 0 Å². The highest BCUT2D eigenvalue weighted by atomic mass is 16.8. The number of ether oxygens (including phenoxy) is 5. The standard InChI is InChI=1S/C16H26O7/c1-6-15(7-2)20-9-8-16(13(18)19-5)12(10(17)11(9)21-15)22-14(3,4)23-16/h9-12,17H,6-8H2,1-5H3/t9-,10?,11-,12+,16-/m1/s1. The fraction of sp³-hybridized carbons (Fsp3) is 0.938. The van der Waals surface area contributed by atoms with Gasteiger partial charge in [0.2, 0.25) is 0 Å². The quantitative estimate of drug-likeness (QED) is 0.776. The largest absolute Gasteiger partial charge is 0.467 e. The topological polar surface area (TPSA) is 83.5 Å². The second-order valence-electron chi connectivity index (χ2n) is 6.97. The van der Waals surface area contributed by atoms with Gasteiger partial charge in [-0.25, -0.2) is 4.79 Å². The maximum atomic E-state index is 12.5. The maximum absolute atomic E-state index is 12.5. The Morgan fingerprint density at radius 1 is 1.22 bits per heavy atom. The molecule has 7 nitrogen and oxygen atoms in total. The first-order valence-electron chi connectivity index (χ1n) is 8.22. The summed E-state index contributed by atoms with van der Waals surface area (Å²) < 4.78 is 28.8. The Balaban J connectivity index is 1.96. The molecular weight excluding hydrogens is 304 g/mol. The maximum Gasteiger partial charge on any atom is 0.341 e. The normalized spacial score (nSPS) is 43.7. The average molecular weight is 330 g/mol. The van der Waals surface area contributed by atoms with Gasteiger partial charge in [-0.3, -0.25) is 0 Å². The molecule has 2 heterocycles. The lowest BCUT2D eigenvalue weighted by molar-refractivity contribution is -0.201. The van der Waals surface area contributed by atoms with Gasteiger partial charge in [0, 0.05) is 6.42 Å². The van der Waals surface area contributed by atoms with Crippen LogP contribution in [0.1, 0.15) is 47.0 Å². The van der Waals surface area contributed by atoms with Gasteiger partial charge in [0.1, 0.15) is 18.3 Å². The molecule has 3 fully saturated rings. The first-order chi connectivity index (χ1) is 10.7. The van der Waals surface area contributed by atoms with E-state index < -0.39 is 47.6 Å². The minimum atomic E-state index is -1.38. The van der Waals surface area contributed by atoms with E-state index in [1.54, 1.807) is 13.8 Å². The van der Waals surface area contributed by atoms with Crippen molar-refractivity contribution in [3.8, 4) is 0 Å². The lowest BCUT2D eigenvalue weighted by atomic mass is 9.77. The number of methoxy groups -OCH3 is 1. The molecule has 0 bridgehead atoms. The van der Waals surface area contributed by atoms with Crippen molar-refractivity contribution >= 4 is 5.97 Å². The van der Waals surface area contributed by atoms with Crippen molar-refractivity contribution in [2.75, 3.05) is 7.11 Å². The highest BCUT2D eigenvalue weighted by Crippen LogP contribution is 2.51. The van der Waals surface area contributed by atoms with Crippen LogP contribution in [0.2, 0.25) is 0 Å². The Kier molecular flexibility index (Phi) is 4.01. The third kappa shape index (κ3) is 2.41. The van der Waals surface area contributed by atoms with E-state index in [9.17, 15) is 9.90 Å². The molecule has 0 aromatic rings. The summed E-state index contributed by atoms with van der Waals surface area (Å²) in [6.07, 6.45) is -1.32. The molecule has 0 radical (unpaired) electrons. The minimum absolute atomic E-state index is 0.233. The van der Waals surface area contributed by atoms with Crippen molar-refractivity contribution in [2.45, 2.75) is 88.5 Å². The summed E-state index contributed by atoms with van der Waals surface area (Å²) in [5.74, 6) is -2.29. The van der Waals surface area contributed by atoms with E-state index in [0.29, 0.717) is 12.8 Å². The molecule has 7 heteroatoms. The lowest BCUT2D eigenvalue weighted by Gasteiger charge is -2.41. The Morgan fingerprint density at radius 3 is 2.43 bits per heavy atom. The van der Waals surface area contributed by atoms with E-state index in [1.165, 1.54) is 7.11 Å². The van der Waals surface area contributed by atoms with E-state index >= 15 is 0 Å². The number of aliphatic hydroxyl groups is 1. The third-order valence-electron chi connectivity index (χ3n) is 5.14. The van der Waals surface area contributed by atoms with Gasteiger partial charge in [0.15, 0.2) is 17.2 Å². The molecule has 1 saturated carbocycles. The van der Waals surface area contributed by atoms with Gasteiger partial charge in [0.05, 0.1) is 13.2 Å².